The number of aliphatic hydroxyl groups is 1. The maximum Gasteiger partial charge on any atom is 0.472 e. The van der Waals surface area contributed by atoms with Crippen LogP contribution in [0.4, 0.5) is 0 Å². The van der Waals surface area contributed by atoms with Gasteiger partial charge in [0.15, 0.2) is 12.2 Å². The van der Waals surface area contributed by atoms with Crippen LogP contribution in [0.3, 0.4) is 0 Å². The van der Waals surface area contributed by atoms with Gasteiger partial charge >= 0.3 is 39.5 Å². The van der Waals surface area contributed by atoms with E-state index in [2.05, 4.69) is 55.4 Å². The summed E-state index contributed by atoms with van der Waals surface area (Å²) in [6.07, 6.45) is 44.7. The molecular weight excluding hydrogens is 1200 g/mol. The number of aliphatic hydroxyl groups excluding tert-OH is 1. The summed E-state index contributed by atoms with van der Waals surface area (Å²) in [6.45, 7) is 14.1. The third kappa shape index (κ3) is 65.1. The Morgan fingerprint density at radius 2 is 0.527 bits per heavy atom. The molecule has 0 aliphatic carbocycles. The lowest BCUT2D eigenvalue weighted by Crippen LogP contribution is -2.30. The first-order valence-electron chi connectivity index (χ1n) is 37.2. The number of carbonyl (C=O) groups is 4. The number of hydrogen-bond donors (Lipinski definition) is 3. The molecule has 0 aromatic heterocycles. The highest BCUT2D eigenvalue weighted by atomic mass is 31.2. The lowest BCUT2D eigenvalue weighted by Gasteiger charge is -2.21. The fourth-order valence-electron chi connectivity index (χ4n) is 10.8. The monoisotopic (exact) mass is 1340 g/mol. The molecule has 0 aromatic carbocycles. The number of esters is 4. The SMILES string of the molecule is CCC(C)CCCCCCCCCCCCCCCCC(=O)O[C@H](COC(=O)CCCCCCCCC(C)C)COP(=O)(O)OC[C@H](O)COP(=O)(O)OC[C@@H](COC(=O)CCCCCCCCC(C)C)OC(=O)CCCCCCCCCCCCCCC(C)C. The van der Waals surface area contributed by atoms with Crippen molar-refractivity contribution in [3.8, 4) is 0 Å². The summed E-state index contributed by atoms with van der Waals surface area (Å²) >= 11 is 0. The highest BCUT2D eigenvalue weighted by Crippen LogP contribution is 2.45. The van der Waals surface area contributed by atoms with Gasteiger partial charge in [-0.05, 0) is 49.4 Å². The van der Waals surface area contributed by atoms with Crippen LogP contribution >= 0.6 is 15.6 Å². The number of ether oxygens (including phenoxy) is 4. The molecule has 17 nitrogen and oxygen atoms in total. The Morgan fingerprint density at radius 1 is 0.308 bits per heavy atom. The van der Waals surface area contributed by atoms with Crippen molar-refractivity contribution in [2.24, 2.45) is 23.7 Å². The van der Waals surface area contributed by atoms with E-state index in [4.69, 9.17) is 37.0 Å². The van der Waals surface area contributed by atoms with Crippen molar-refractivity contribution >= 4 is 39.5 Å². The van der Waals surface area contributed by atoms with E-state index < -0.39 is 97.5 Å². The first-order valence-corrected chi connectivity index (χ1v) is 40.2. The minimum Gasteiger partial charge on any atom is -0.462 e. The molecule has 0 aromatic rings. The number of phosphoric ester groups is 2. The number of carbonyl (C=O) groups excluding carboxylic acids is 4. The standard InChI is InChI=1S/C72H140O17P2/c1-9-65(8)51-43-35-25-21-17-12-10-11-13-18-22-26-38-46-54-71(76)88-67(58-82-69(74)52-44-36-30-28-33-41-49-63(4)5)60-86-90(78,79)84-56-66(73)57-85-91(80,81)87-61-68(59-83-70(75)53-45-37-31-29-34-42-50-64(6)7)89-72(77)55-47-39-27-23-19-15-14-16-20-24-32-40-48-62(2)3/h62-68,73H,9-61H2,1-8H3,(H,78,79)(H,80,81)/t65?,66-,67+,68+/m0/s1. The molecule has 6 atom stereocenters. The Kier molecular flexibility index (Phi) is 60.3. The van der Waals surface area contributed by atoms with Crippen molar-refractivity contribution in [2.45, 2.75) is 375 Å². The van der Waals surface area contributed by atoms with Crippen molar-refractivity contribution in [3.05, 3.63) is 0 Å². The molecule has 0 saturated heterocycles. The van der Waals surface area contributed by atoms with Gasteiger partial charge in [-0.25, -0.2) is 9.13 Å². The largest absolute Gasteiger partial charge is 0.472 e. The van der Waals surface area contributed by atoms with Crippen LogP contribution in [-0.2, 0) is 65.4 Å². The summed E-state index contributed by atoms with van der Waals surface area (Å²) in [7, 11) is -9.90. The molecule has 0 spiro atoms. The number of unbranched alkanes of at least 4 members (excludes halogenated alkanes) is 34. The lowest BCUT2D eigenvalue weighted by atomic mass is 9.99. The summed E-state index contributed by atoms with van der Waals surface area (Å²) in [5.74, 6) is 0.851. The predicted octanol–water partition coefficient (Wildman–Crippen LogP) is 20.5. The first kappa shape index (κ1) is 89.1. The fraction of sp³-hybridized carbons (Fsp3) is 0.944. The van der Waals surface area contributed by atoms with E-state index in [9.17, 15) is 43.2 Å². The zero-order chi connectivity index (χ0) is 67.5. The van der Waals surface area contributed by atoms with Gasteiger partial charge in [0.2, 0.25) is 0 Å². The van der Waals surface area contributed by atoms with Crippen LogP contribution in [0.5, 0.6) is 0 Å². The second kappa shape index (κ2) is 61.6. The molecule has 0 aliphatic heterocycles. The van der Waals surface area contributed by atoms with E-state index in [1.165, 1.54) is 148 Å². The molecule has 91 heavy (non-hydrogen) atoms. The third-order valence-corrected chi connectivity index (χ3v) is 18.8. The van der Waals surface area contributed by atoms with Crippen molar-refractivity contribution in [1.29, 1.82) is 0 Å². The lowest BCUT2D eigenvalue weighted by molar-refractivity contribution is -0.161. The van der Waals surface area contributed by atoms with E-state index >= 15 is 0 Å². The summed E-state index contributed by atoms with van der Waals surface area (Å²) in [5.41, 5.74) is 0. The summed E-state index contributed by atoms with van der Waals surface area (Å²) in [6, 6.07) is 0. The number of rotatable bonds is 69. The molecule has 3 unspecified atom stereocenters. The van der Waals surface area contributed by atoms with Crippen molar-refractivity contribution in [1.82, 2.24) is 0 Å². The van der Waals surface area contributed by atoms with Crippen LogP contribution in [0.15, 0.2) is 0 Å². The Morgan fingerprint density at radius 3 is 0.780 bits per heavy atom. The van der Waals surface area contributed by atoms with Gasteiger partial charge in [-0.3, -0.25) is 37.3 Å². The number of phosphoric acid groups is 2. The highest BCUT2D eigenvalue weighted by Gasteiger charge is 2.30. The first-order chi connectivity index (χ1) is 43.6. The Hall–Kier alpha value is -1.94. The van der Waals surface area contributed by atoms with Gasteiger partial charge < -0.3 is 33.8 Å². The molecule has 0 fully saturated rings. The van der Waals surface area contributed by atoms with E-state index in [-0.39, 0.29) is 25.7 Å². The van der Waals surface area contributed by atoms with Gasteiger partial charge in [-0.1, -0.05) is 306 Å². The average molecular weight is 1340 g/mol. The molecule has 0 heterocycles. The molecular formula is C72H140O17P2. The molecule has 0 aliphatic rings. The number of hydrogen-bond acceptors (Lipinski definition) is 15. The Balaban J connectivity index is 5.19. The van der Waals surface area contributed by atoms with Gasteiger partial charge in [0, 0.05) is 25.7 Å². The second-order valence-electron chi connectivity index (χ2n) is 27.6. The van der Waals surface area contributed by atoms with Crippen LogP contribution in [0.1, 0.15) is 357 Å². The van der Waals surface area contributed by atoms with E-state index in [0.717, 1.165) is 115 Å². The average Bonchev–Trinajstić information content (AvgIpc) is 3.43. The normalized spacial score (nSPS) is 14.5. The second-order valence-corrected chi connectivity index (χ2v) is 30.6. The molecule has 3 N–H and O–H groups in total. The highest BCUT2D eigenvalue weighted by molar-refractivity contribution is 7.47. The van der Waals surface area contributed by atoms with Crippen LogP contribution in [-0.4, -0.2) is 96.7 Å². The zero-order valence-electron chi connectivity index (χ0n) is 59.5. The van der Waals surface area contributed by atoms with Crippen molar-refractivity contribution in [3.63, 3.8) is 0 Å². The van der Waals surface area contributed by atoms with Crippen LogP contribution in [0.25, 0.3) is 0 Å². The molecule has 0 bridgehead atoms. The Bertz CT molecular complexity index is 1800. The fourth-order valence-corrected chi connectivity index (χ4v) is 12.4. The third-order valence-electron chi connectivity index (χ3n) is 16.9. The van der Waals surface area contributed by atoms with E-state index in [1.54, 1.807) is 0 Å². The van der Waals surface area contributed by atoms with Crippen molar-refractivity contribution < 1.29 is 80.2 Å². The van der Waals surface area contributed by atoms with Gasteiger partial charge in [-0.2, -0.15) is 0 Å². The van der Waals surface area contributed by atoms with Gasteiger partial charge in [-0.15, -0.1) is 0 Å². The van der Waals surface area contributed by atoms with E-state index in [0.29, 0.717) is 37.5 Å². The molecule has 19 heteroatoms. The van der Waals surface area contributed by atoms with Gasteiger partial charge in [0.1, 0.15) is 19.3 Å². The van der Waals surface area contributed by atoms with Crippen LogP contribution < -0.4 is 0 Å². The van der Waals surface area contributed by atoms with Crippen molar-refractivity contribution in [2.75, 3.05) is 39.6 Å². The summed E-state index contributed by atoms with van der Waals surface area (Å²) in [5, 5.41) is 10.6. The predicted molar refractivity (Wildman–Crippen MR) is 367 cm³/mol. The topological polar surface area (TPSA) is 237 Å². The quantitative estimate of drug-likeness (QED) is 0.0222. The van der Waals surface area contributed by atoms with Gasteiger partial charge in [0.25, 0.3) is 0 Å². The smallest absolute Gasteiger partial charge is 0.462 e. The molecule has 0 saturated carbocycles. The summed E-state index contributed by atoms with van der Waals surface area (Å²) in [4.78, 5) is 72.5. The summed E-state index contributed by atoms with van der Waals surface area (Å²) < 4.78 is 68.3. The molecule has 0 radical (unpaired) electrons. The minimum absolute atomic E-state index is 0.105. The maximum atomic E-state index is 13.0. The van der Waals surface area contributed by atoms with E-state index in [1.807, 2.05) is 0 Å². The molecule has 0 rings (SSSR count). The van der Waals surface area contributed by atoms with Gasteiger partial charge in [0.05, 0.1) is 26.4 Å². The molecule has 540 valence electrons. The maximum absolute atomic E-state index is 13.0. The minimum atomic E-state index is -4.95. The van der Waals surface area contributed by atoms with Crippen LogP contribution in [0, 0.1) is 23.7 Å². The van der Waals surface area contributed by atoms with Crippen LogP contribution in [0.2, 0.25) is 0 Å². The Labute approximate surface area is 556 Å². The molecule has 0 amide bonds. The zero-order valence-corrected chi connectivity index (χ0v) is 61.3.